The molecule has 1 heterocycles. The predicted octanol–water partition coefficient (Wildman–Crippen LogP) is 3.75. The maximum Gasteiger partial charge on any atom is 0.322 e. The maximum atomic E-state index is 12.3. The summed E-state index contributed by atoms with van der Waals surface area (Å²) in [7, 11) is 0. The molecule has 0 unspecified atom stereocenters. The Labute approximate surface area is 126 Å². The van der Waals surface area contributed by atoms with Gasteiger partial charge < -0.3 is 15.0 Å². The third-order valence-electron chi connectivity index (χ3n) is 3.14. The molecule has 2 rings (SSSR count). The first-order valence-electron chi connectivity index (χ1n) is 6.19. The van der Waals surface area contributed by atoms with Crippen LogP contribution in [-0.2, 0) is 4.74 Å². The molecule has 1 aliphatic rings. The first-order chi connectivity index (χ1) is 9.09. The van der Waals surface area contributed by atoms with Crippen molar-refractivity contribution in [3.63, 3.8) is 0 Å². The van der Waals surface area contributed by atoms with Crippen LogP contribution in [0.15, 0.2) is 22.7 Å². The Balaban J connectivity index is 2.09. The Morgan fingerprint density at radius 2 is 2.32 bits per heavy atom. The van der Waals surface area contributed by atoms with E-state index in [0.29, 0.717) is 34.9 Å². The molecule has 1 aromatic carbocycles. The minimum absolute atomic E-state index is 0.124. The summed E-state index contributed by atoms with van der Waals surface area (Å²) in [6.45, 7) is 3.91. The van der Waals surface area contributed by atoms with E-state index in [2.05, 4.69) is 21.2 Å². The van der Waals surface area contributed by atoms with Crippen LogP contribution in [0.25, 0.3) is 0 Å². The Morgan fingerprint density at radius 3 is 3.11 bits per heavy atom. The summed E-state index contributed by atoms with van der Waals surface area (Å²) in [6, 6.07) is 5.43. The van der Waals surface area contributed by atoms with Gasteiger partial charge in [-0.25, -0.2) is 4.79 Å². The second kappa shape index (κ2) is 6.59. The molecule has 104 valence electrons. The number of carbonyl (C=O) groups excluding carboxylic acids is 1. The van der Waals surface area contributed by atoms with E-state index in [9.17, 15) is 4.79 Å². The molecule has 19 heavy (non-hydrogen) atoms. The molecule has 1 aliphatic heterocycles. The zero-order chi connectivity index (χ0) is 13.8. The lowest BCUT2D eigenvalue weighted by atomic mass is 10.2. The van der Waals surface area contributed by atoms with Crippen molar-refractivity contribution in [1.29, 1.82) is 0 Å². The number of benzene rings is 1. The molecule has 1 N–H and O–H groups in total. The normalized spacial score (nSPS) is 19.9. The number of ether oxygens (including phenoxy) is 1. The molecule has 0 aliphatic carbocycles. The SMILES string of the molecule is C[C@H]1CCOCCN1C(=O)Nc1cccc(Cl)c1Br. The molecule has 1 atom stereocenters. The summed E-state index contributed by atoms with van der Waals surface area (Å²) in [5.74, 6) is 0. The number of hydrogen-bond donors (Lipinski definition) is 1. The van der Waals surface area contributed by atoms with Crippen molar-refractivity contribution in [2.45, 2.75) is 19.4 Å². The van der Waals surface area contributed by atoms with E-state index < -0.39 is 0 Å². The van der Waals surface area contributed by atoms with Crippen LogP contribution in [0.3, 0.4) is 0 Å². The van der Waals surface area contributed by atoms with Gasteiger partial charge in [-0.15, -0.1) is 0 Å². The third kappa shape index (κ3) is 3.61. The Morgan fingerprint density at radius 1 is 1.53 bits per heavy atom. The molecule has 6 heteroatoms. The smallest absolute Gasteiger partial charge is 0.322 e. The van der Waals surface area contributed by atoms with E-state index in [4.69, 9.17) is 16.3 Å². The van der Waals surface area contributed by atoms with Crippen LogP contribution in [-0.4, -0.2) is 36.7 Å². The highest BCUT2D eigenvalue weighted by Gasteiger charge is 2.22. The predicted molar refractivity (Wildman–Crippen MR) is 79.8 cm³/mol. The monoisotopic (exact) mass is 346 g/mol. The van der Waals surface area contributed by atoms with Crippen molar-refractivity contribution in [2.75, 3.05) is 25.1 Å². The second-order valence-corrected chi connectivity index (χ2v) is 5.68. The van der Waals surface area contributed by atoms with Gasteiger partial charge in [-0.2, -0.15) is 0 Å². The molecule has 0 spiro atoms. The van der Waals surface area contributed by atoms with Gasteiger partial charge in [0.25, 0.3) is 0 Å². The number of hydrogen-bond acceptors (Lipinski definition) is 2. The number of urea groups is 1. The largest absolute Gasteiger partial charge is 0.380 e. The first-order valence-corrected chi connectivity index (χ1v) is 7.36. The number of nitrogens with zero attached hydrogens (tertiary/aromatic N) is 1. The van der Waals surface area contributed by atoms with Crippen molar-refractivity contribution < 1.29 is 9.53 Å². The van der Waals surface area contributed by atoms with Crippen molar-refractivity contribution in [2.24, 2.45) is 0 Å². The highest BCUT2D eigenvalue weighted by Crippen LogP contribution is 2.30. The van der Waals surface area contributed by atoms with Crippen molar-refractivity contribution in [3.8, 4) is 0 Å². The lowest BCUT2D eigenvalue weighted by Crippen LogP contribution is -2.42. The molecular formula is C13H16BrClN2O2. The summed E-state index contributed by atoms with van der Waals surface area (Å²) in [4.78, 5) is 14.1. The van der Waals surface area contributed by atoms with Crippen LogP contribution in [0.1, 0.15) is 13.3 Å². The van der Waals surface area contributed by atoms with Crippen LogP contribution in [0.4, 0.5) is 10.5 Å². The van der Waals surface area contributed by atoms with E-state index in [0.717, 1.165) is 6.42 Å². The van der Waals surface area contributed by atoms with Crippen LogP contribution >= 0.6 is 27.5 Å². The molecule has 0 saturated carbocycles. The van der Waals surface area contributed by atoms with E-state index >= 15 is 0 Å². The molecule has 1 aromatic rings. The van der Waals surface area contributed by atoms with Gasteiger partial charge in [-0.3, -0.25) is 0 Å². The third-order valence-corrected chi connectivity index (χ3v) is 4.54. The summed E-state index contributed by atoms with van der Waals surface area (Å²) < 4.78 is 6.08. The summed E-state index contributed by atoms with van der Waals surface area (Å²) >= 11 is 9.38. The van der Waals surface area contributed by atoms with Crippen LogP contribution < -0.4 is 5.32 Å². The number of halogens is 2. The first kappa shape index (κ1) is 14.6. The number of rotatable bonds is 1. The van der Waals surface area contributed by atoms with Gasteiger partial charge in [0.05, 0.1) is 21.8 Å². The standard InChI is InChI=1S/C13H16BrClN2O2/c1-9-5-7-19-8-6-17(9)13(18)16-11-4-2-3-10(15)12(11)14/h2-4,9H,5-8H2,1H3,(H,16,18)/t9-/m0/s1. The molecule has 1 saturated heterocycles. The molecule has 4 nitrogen and oxygen atoms in total. The van der Waals surface area contributed by atoms with E-state index in [1.54, 1.807) is 17.0 Å². The highest BCUT2D eigenvalue weighted by molar-refractivity contribution is 9.10. The van der Waals surface area contributed by atoms with E-state index in [1.807, 2.05) is 13.0 Å². The highest BCUT2D eigenvalue weighted by atomic mass is 79.9. The lowest BCUT2D eigenvalue weighted by molar-refractivity contribution is 0.143. The summed E-state index contributed by atoms with van der Waals surface area (Å²) in [6.07, 6.45) is 0.851. The Kier molecular flexibility index (Phi) is 5.07. The molecule has 0 radical (unpaired) electrons. The molecular weight excluding hydrogens is 332 g/mol. The average molecular weight is 348 g/mol. The minimum atomic E-state index is -0.124. The van der Waals surface area contributed by atoms with Gasteiger partial charge in [0.2, 0.25) is 0 Å². The topological polar surface area (TPSA) is 41.6 Å². The Bertz CT molecular complexity index is 470. The number of carbonyl (C=O) groups is 1. The fourth-order valence-corrected chi connectivity index (χ4v) is 2.52. The molecule has 1 fully saturated rings. The van der Waals surface area contributed by atoms with Crippen LogP contribution in [0.5, 0.6) is 0 Å². The Hall–Kier alpha value is -0.780. The van der Waals surface area contributed by atoms with E-state index in [1.165, 1.54) is 0 Å². The van der Waals surface area contributed by atoms with Gasteiger partial charge in [0.15, 0.2) is 0 Å². The molecule has 0 bridgehead atoms. The number of nitrogens with one attached hydrogen (secondary N) is 1. The van der Waals surface area contributed by atoms with Gasteiger partial charge in [0.1, 0.15) is 0 Å². The van der Waals surface area contributed by atoms with Crippen molar-refractivity contribution >= 4 is 39.2 Å². The molecule has 0 aromatic heterocycles. The summed E-state index contributed by atoms with van der Waals surface area (Å²) in [5.41, 5.74) is 0.676. The van der Waals surface area contributed by atoms with Crippen LogP contribution in [0.2, 0.25) is 5.02 Å². The zero-order valence-electron chi connectivity index (χ0n) is 10.7. The maximum absolute atomic E-state index is 12.3. The van der Waals surface area contributed by atoms with Gasteiger partial charge in [-0.05, 0) is 41.4 Å². The second-order valence-electron chi connectivity index (χ2n) is 4.47. The zero-order valence-corrected chi connectivity index (χ0v) is 13.0. The molecule has 2 amide bonds. The van der Waals surface area contributed by atoms with Gasteiger partial charge in [0, 0.05) is 19.2 Å². The van der Waals surface area contributed by atoms with E-state index in [-0.39, 0.29) is 12.1 Å². The van der Waals surface area contributed by atoms with Gasteiger partial charge in [-0.1, -0.05) is 17.7 Å². The summed E-state index contributed by atoms with van der Waals surface area (Å²) in [5, 5.41) is 3.45. The van der Waals surface area contributed by atoms with Crippen molar-refractivity contribution in [1.82, 2.24) is 4.90 Å². The quantitative estimate of drug-likeness (QED) is 0.840. The number of amides is 2. The van der Waals surface area contributed by atoms with Crippen LogP contribution in [0, 0.1) is 0 Å². The van der Waals surface area contributed by atoms with Gasteiger partial charge >= 0.3 is 6.03 Å². The average Bonchev–Trinajstić information content (AvgIpc) is 2.59. The fourth-order valence-electron chi connectivity index (χ4n) is 1.98. The fraction of sp³-hybridized carbons (Fsp3) is 0.462. The van der Waals surface area contributed by atoms with Crippen molar-refractivity contribution in [3.05, 3.63) is 27.7 Å². The number of anilines is 1. The minimum Gasteiger partial charge on any atom is -0.380 e. The lowest BCUT2D eigenvalue weighted by Gasteiger charge is -2.26.